The normalized spacial score (nSPS) is 10.1. The fourth-order valence-corrected chi connectivity index (χ4v) is 4.76. The second-order valence-electron chi connectivity index (χ2n) is 8.82. The quantitative estimate of drug-likeness (QED) is 0.149. The van der Waals surface area contributed by atoms with Gasteiger partial charge in [-0.2, -0.15) is 0 Å². The van der Waals surface area contributed by atoms with Crippen molar-refractivity contribution in [2.45, 2.75) is 13.2 Å². The Hall–Kier alpha value is -3.89. The van der Waals surface area contributed by atoms with Gasteiger partial charge in [-0.25, -0.2) is 0 Å². The van der Waals surface area contributed by atoms with Gasteiger partial charge in [0, 0.05) is 18.6 Å². The third-order valence-corrected chi connectivity index (χ3v) is 7.03. The van der Waals surface area contributed by atoms with Crippen LogP contribution in [0.1, 0.15) is 11.1 Å². The number of hydrogen-bond acceptors (Lipinski definition) is 5. The molecule has 3 aromatic heterocycles. The molecule has 0 fully saturated rings. The molecule has 0 saturated heterocycles. The topological polar surface area (TPSA) is 79.1 Å². The Morgan fingerprint density at radius 2 is 0.930 bits per heavy atom. The predicted molar refractivity (Wildman–Crippen MR) is 171 cm³/mol. The summed E-state index contributed by atoms with van der Waals surface area (Å²) in [5.41, 5.74) is 7.23. The van der Waals surface area contributed by atoms with Crippen LogP contribution < -0.4 is 5.30 Å². The van der Waals surface area contributed by atoms with Gasteiger partial charge in [0.2, 0.25) is 0 Å². The molecule has 0 aliphatic rings. The van der Waals surface area contributed by atoms with Gasteiger partial charge in [0.1, 0.15) is 0 Å². The summed E-state index contributed by atoms with van der Waals surface area (Å²) < 4.78 is 0. The third kappa shape index (κ3) is 9.83. The van der Waals surface area contributed by atoms with Crippen LogP contribution in [0.2, 0.25) is 0 Å². The third-order valence-electron chi connectivity index (χ3n) is 6.09. The second-order valence-corrected chi connectivity index (χ2v) is 9.86. The molecule has 1 atom stereocenters. The average Bonchev–Trinajstić information content (AvgIpc) is 3.10. The summed E-state index contributed by atoms with van der Waals surface area (Å²) >= 11 is 0. The van der Waals surface area contributed by atoms with Crippen LogP contribution in [-0.4, -0.2) is 31.8 Å². The van der Waals surface area contributed by atoms with Crippen molar-refractivity contribution in [3.63, 3.8) is 0 Å². The van der Waals surface area contributed by atoms with E-state index in [1.165, 1.54) is 5.30 Å². The maximum atomic E-state index is 9.13. The van der Waals surface area contributed by atoms with Crippen LogP contribution in [0.25, 0.3) is 33.8 Å². The van der Waals surface area contributed by atoms with Gasteiger partial charge in [0.15, 0.2) is 0 Å². The first-order chi connectivity index (χ1) is 20.7. The van der Waals surface area contributed by atoms with E-state index < -0.39 is 0 Å². The molecule has 0 aliphatic heterocycles. The zero-order valence-corrected chi connectivity index (χ0v) is 27.0. The fourth-order valence-electron chi connectivity index (χ4n) is 4.06. The van der Waals surface area contributed by atoms with E-state index in [1.807, 2.05) is 109 Å². The Balaban J connectivity index is 0.000000175. The van der Waals surface area contributed by atoms with Crippen LogP contribution in [-0.2, 0) is 33.3 Å². The summed E-state index contributed by atoms with van der Waals surface area (Å²) in [6.45, 7) is 2.18. The van der Waals surface area contributed by atoms with E-state index in [-0.39, 0.29) is 33.3 Å². The maximum Gasteiger partial charge on any atom is 3.00 e. The van der Waals surface area contributed by atoms with Crippen LogP contribution in [0.15, 0.2) is 128 Å². The molecule has 0 aliphatic carbocycles. The Morgan fingerprint density at radius 1 is 0.535 bits per heavy atom. The summed E-state index contributed by atoms with van der Waals surface area (Å²) in [6.07, 6.45) is 5.27. The summed E-state index contributed by atoms with van der Waals surface area (Å²) in [7, 11) is 0.772. The molecule has 6 aromatic rings. The van der Waals surface area contributed by atoms with E-state index in [4.69, 9.17) is 10.2 Å². The molecule has 43 heavy (non-hydrogen) atoms. The van der Waals surface area contributed by atoms with Gasteiger partial charge >= 0.3 is 20.1 Å². The molecule has 0 saturated carbocycles. The summed E-state index contributed by atoms with van der Waals surface area (Å²) in [5.74, 6) is 0. The molecule has 0 spiro atoms. The van der Waals surface area contributed by atoms with Crippen LogP contribution in [0.4, 0.5) is 0 Å². The van der Waals surface area contributed by atoms with Crippen molar-refractivity contribution < 1.29 is 30.3 Å². The Labute approximate surface area is 268 Å². The van der Waals surface area contributed by atoms with Crippen molar-refractivity contribution in [3.8, 4) is 33.8 Å². The largest absolute Gasteiger partial charge is 3.00 e. The first-order valence-corrected chi connectivity index (χ1v) is 14.9. The van der Waals surface area contributed by atoms with Gasteiger partial charge in [-0.05, 0) is 58.4 Å². The number of rotatable bonds is 6. The average molecular weight is 761 g/mol. The zero-order chi connectivity index (χ0) is 29.4. The number of nitrogens with zero attached hydrogens (tertiary/aromatic N) is 3. The minimum atomic E-state index is 0. The molecule has 5 nitrogen and oxygen atoms in total. The minimum Gasteiger partial charge on any atom is -0.392 e. The molecule has 0 amide bonds. The molecule has 2 N–H and O–H groups in total. The molecule has 3 heterocycles. The number of pyridine rings is 3. The number of aliphatic hydroxyl groups excluding tert-OH is 2. The van der Waals surface area contributed by atoms with Gasteiger partial charge in [-0.1, -0.05) is 18.2 Å². The monoisotopic (exact) mass is 761 g/mol. The van der Waals surface area contributed by atoms with Gasteiger partial charge in [0.05, 0.1) is 13.2 Å². The summed E-state index contributed by atoms with van der Waals surface area (Å²) in [6, 6.07) is 44.0. The van der Waals surface area contributed by atoms with Crippen molar-refractivity contribution in [1.29, 1.82) is 0 Å². The maximum absolute atomic E-state index is 9.13. The van der Waals surface area contributed by atoms with Crippen molar-refractivity contribution in [3.05, 3.63) is 157 Å². The van der Waals surface area contributed by atoms with E-state index >= 15 is 0 Å². The van der Waals surface area contributed by atoms with Gasteiger partial charge in [-0.15, -0.1) is 116 Å². The molecular weight excluding hydrogens is 730 g/mol. The molecule has 0 radical (unpaired) electrons. The van der Waals surface area contributed by atoms with Crippen molar-refractivity contribution in [1.82, 2.24) is 15.0 Å². The zero-order valence-electron chi connectivity index (χ0n) is 23.6. The van der Waals surface area contributed by atoms with Crippen molar-refractivity contribution in [2.75, 3.05) is 6.66 Å². The molecule has 7 heteroatoms. The van der Waals surface area contributed by atoms with Crippen LogP contribution in [0, 0.1) is 18.2 Å². The van der Waals surface area contributed by atoms with Crippen LogP contribution >= 0.6 is 8.58 Å². The number of benzene rings is 3. The molecule has 1 unspecified atom stereocenters. The van der Waals surface area contributed by atoms with E-state index in [0.29, 0.717) is 0 Å². The second kappa shape index (κ2) is 18.6. The van der Waals surface area contributed by atoms with E-state index in [1.54, 1.807) is 12.4 Å². The Morgan fingerprint density at radius 3 is 1.30 bits per heavy atom. The molecule has 6 rings (SSSR count). The van der Waals surface area contributed by atoms with Crippen LogP contribution in [0.3, 0.4) is 0 Å². The Kier molecular flexibility index (Phi) is 14.5. The fraction of sp³-hybridized carbons (Fsp3) is 0.0833. The minimum absolute atomic E-state index is 0. The van der Waals surface area contributed by atoms with E-state index in [2.05, 4.69) is 45.9 Å². The summed E-state index contributed by atoms with van der Waals surface area (Å²) in [5, 5.41) is 19.6. The number of hydrogen-bond donors (Lipinski definition) is 2. The first kappa shape index (κ1) is 33.6. The standard InChI is InChI=1S/2C12H10NO.C12H11NP.Ir/c2*14-9-11-7-4-8-13-12(11)10-5-2-1-3-6-10;1-14-11-8-5-9-13-12(11)10-6-3-2-4-7-10;/h2*1-5,7-8,14H,9H2;2-6,8-9,14H,1H3;/q3*-1;+3. The molecule has 0 bridgehead atoms. The van der Waals surface area contributed by atoms with Crippen molar-refractivity contribution >= 4 is 13.9 Å². The van der Waals surface area contributed by atoms with E-state index in [0.717, 1.165) is 53.5 Å². The van der Waals surface area contributed by atoms with Gasteiger partial charge < -0.3 is 25.2 Å². The first-order valence-electron chi connectivity index (χ1n) is 13.4. The van der Waals surface area contributed by atoms with Gasteiger partial charge in [-0.3, -0.25) is 0 Å². The molecule has 3 aromatic carbocycles. The van der Waals surface area contributed by atoms with Gasteiger partial charge in [0.25, 0.3) is 0 Å². The Bertz CT molecular complexity index is 1440. The predicted octanol–water partition coefficient (Wildman–Crippen LogP) is 6.56. The van der Waals surface area contributed by atoms with Crippen LogP contribution in [0.5, 0.6) is 0 Å². The number of aromatic nitrogens is 3. The number of aliphatic hydroxyl groups is 2. The summed E-state index contributed by atoms with van der Waals surface area (Å²) in [4.78, 5) is 12.9. The molecular formula is C36H31IrN3O2P. The molecule has 216 valence electrons. The van der Waals surface area contributed by atoms with E-state index in [9.17, 15) is 0 Å². The van der Waals surface area contributed by atoms with Crippen molar-refractivity contribution in [2.24, 2.45) is 0 Å². The smallest absolute Gasteiger partial charge is 0.392 e. The SMILES string of the molecule is CPc1cccnc1-c1[c-]cccc1.OCc1cccnc1-c1[c-]cccc1.OCc1cccnc1-c1[c-]cccc1.[Ir+3].